The molecule has 0 atom stereocenters. The maximum absolute atomic E-state index is 13.0. The van der Waals surface area contributed by atoms with Crippen LogP contribution in [0.3, 0.4) is 0 Å². The van der Waals surface area contributed by atoms with Crippen molar-refractivity contribution in [2.24, 2.45) is 0 Å². The number of rotatable bonds is 3. The first kappa shape index (κ1) is 20.0. The number of ketones is 1. The number of methoxy groups -OCH3 is 1. The summed E-state index contributed by atoms with van der Waals surface area (Å²) >= 11 is 0. The zero-order chi connectivity index (χ0) is 20.9. The quantitative estimate of drug-likeness (QED) is 0.739. The second-order valence-corrected chi connectivity index (χ2v) is 11.2. The van der Waals surface area contributed by atoms with Crippen molar-refractivity contribution in [1.82, 2.24) is 0 Å². The molecule has 4 rings (SSSR count). The molecule has 1 aliphatic carbocycles. The first-order chi connectivity index (χ1) is 13.8. The number of aliphatic hydroxyl groups excluding tert-OH is 1. The molecule has 154 valence electrons. The minimum atomic E-state index is -1.75. The molecule has 0 saturated heterocycles. The number of carbonyl (C=O) groups excluding carboxylic acids is 1. The van der Waals surface area contributed by atoms with Crippen LogP contribution in [-0.4, -0.2) is 33.9 Å². The number of benzene rings is 2. The van der Waals surface area contributed by atoms with Gasteiger partial charge in [-0.25, -0.2) is 0 Å². The second kappa shape index (κ2) is 7.18. The summed E-state index contributed by atoms with van der Waals surface area (Å²) < 4.78 is 18.8. The minimum absolute atomic E-state index is 0.0522. The first-order valence-electron chi connectivity index (χ1n) is 10.0. The van der Waals surface area contributed by atoms with Crippen LogP contribution in [0.1, 0.15) is 60.7 Å². The Balaban J connectivity index is 2.15. The Hall–Kier alpha value is -2.31. The van der Waals surface area contributed by atoms with E-state index < -0.39 is 9.28 Å². The molecule has 0 spiro atoms. The number of aliphatic hydroxyl groups is 1. The van der Waals surface area contributed by atoms with Crippen molar-refractivity contribution in [2.45, 2.75) is 52.0 Å². The van der Waals surface area contributed by atoms with Crippen molar-refractivity contribution >= 4 is 31.9 Å². The largest absolute Gasteiger partial charge is 0.676 e. The third kappa shape index (κ3) is 3.15. The number of hydrogen-bond acceptors (Lipinski definition) is 5. The van der Waals surface area contributed by atoms with Gasteiger partial charge >= 0.3 is 0 Å². The highest BCUT2D eigenvalue weighted by atomic mass is 28.3. The van der Waals surface area contributed by atoms with Gasteiger partial charge in [0.25, 0.3) is 0 Å². The third-order valence-corrected chi connectivity index (χ3v) is 7.51. The number of aryl methyl sites for hydroxylation is 1. The summed E-state index contributed by atoms with van der Waals surface area (Å²) in [6.07, 6.45) is 5.73. The Kier molecular flexibility index (Phi) is 4.95. The highest BCUT2D eigenvalue weighted by molar-refractivity contribution is 6.51. The van der Waals surface area contributed by atoms with Crippen LogP contribution in [0.15, 0.2) is 12.1 Å². The van der Waals surface area contributed by atoms with Crippen molar-refractivity contribution in [3.63, 3.8) is 0 Å². The lowest BCUT2D eigenvalue weighted by Gasteiger charge is -2.48. The summed E-state index contributed by atoms with van der Waals surface area (Å²) in [5.41, 5.74) is 3.55. The minimum Gasteiger partial charge on any atom is -0.676 e. The number of hydrogen-bond donors (Lipinski definition) is 1. The molecule has 5 nitrogen and oxygen atoms in total. The third-order valence-electron chi connectivity index (χ3n) is 5.51. The van der Waals surface area contributed by atoms with E-state index >= 15 is 0 Å². The van der Waals surface area contributed by atoms with E-state index in [1.807, 2.05) is 13.0 Å². The standard InChI is InChI=1S/C23H27O5Si/c1-13-12-16-19-21(14(13)9-7-11-24)27-29(23(2,3)4)28-22(19)18-15(20(16)26-5)8-6-10-17(18)25/h7,9,12,24H,6,8,10-11H2,1-5H3/q-1/b9-7+. The molecule has 2 aliphatic rings. The summed E-state index contributed by atoms with van der Waals surface area (Å²) in [4.78, 5) is 13.0. The van der Waals surface area contributed by atoms with Gasteiger partial charge in [-0.1, -0.05) is 38.0 Å². The van der Waals surface area contributed by atoms with E-state index in [-0.39, 0.29) is 17.4 Å². The molecule has 0 amide bonds. The van der Waals surface area contributed by atoms with Crippen LogP contribution in [0, 0.1) is 6.92 Å². The lowest BCUT2D eigenvalue weighted by molar-refractivity contribution is 0.0969. The molecule has 0 radical (unpaired) electrons. The molecule has 0 aromatic heterocycles. The van der Waals surface area contributed by atoms with Crippen molar-refractivity contribution in [3.05, 3.63) is 34.4 Å². The van der Waals surface area contributed by atoms with E-state index in [1.54, 1.807) is 13.2 Å². The van der Waals surface area contributed by atoms with Gasteiger partial charge in [0.05, 0.1) is 36.2 Å². The monoisotopic (exact) mass is 411 g/mol. The summed E-state index contributed by atoms with van der Waals surface area (Å²) in [5.74, 6) is 2.24. The molecule has 29 heavy (non-hydrogen) atoms. The van der Waals surface area contributed by atoms with Gasteiger partial charge in [-0.15, -0.1) is 0 Å². The summed E-state index contributed by atoms with van der Waals surface area (Å²) in [7, 11) is -0.0948. The zero-order valence-electron chi connectivity index (χ0n) is 17.6. The van der Waals surface area contributed by atoms with Gasteiger partial charge in [0, 0.05) is 22.9 Å². The molecule has 0 saturated carbocycles. The van der Waals surface area contributed by atoms with Crippen molar-refractivity contribution in [1.29, 1.82) is 0 Å². The highest BCUT2D eigenvalue weighted by Crippen LogP contribution is 2.52. The second-order valence-electron chi connectivity index (χ2n) is 8.68. The SMILES string of the molecule is COc1c2c(c3c4c(c(/C=C/CO)c(C)cc14)O[Si-](C(C)(C)C)O3)C(=O)CCC2. The Morgan fingerprint density at radius 3 is 2.62 bits per heavy atom. The van der Waals surface area contributed by atoms with Crippen LogP contribution in [0.5, 0.6) is 17.2 Å². The summed E-state index contributed by atoms with van der Waals surface area (Å²) in [6, 6.07) is 2.07. The summed E-state index contributed by atoms with van der Waals surface area (Å²) in [6.45, 7) is 8.27. The Morgan fingerprint density at radius 2 is 1.97 bits per heavy atom. The van der Waals surface area contributed by atoms with Crippen LogP contribution in [0.25, 0.3) is 16.8 Å². The van der Waals surface area contributed by atoms with Crippen LogP contribution in [0.4, 0.5) is 0 Å². The van der Waals surface area contributed by atoms with Crippen LogP contribution in [0.2, 0.25) is 5.04 Å². The van der Waals surface area contributed by atoms with Crippen molar-refractivity contribution in [2.75, 3.05) is 13.7 Å². The van der Waals surface area contributed by atoms with Crippen LogP contribution >= 0.6 is 0 Å². The van der Waals surface area contributed by atoms with Gasteiger partial charge in [-0.3, -0.25) is 4.79 Å². The van der Waals surface area contributed by atoms with E-state index in [0.29, 0.717) is 17.7 Å². The fraction of sp³-hybridized carbons (Fsp3) is 0.435. The molecule has 6 heteroatoms. The van der Waals surface area contributed by atoms with Gasteiger partial charge in [0.1, 0.15) is 5.75 Å². The lowest BCUT2D eigenvalue weighted by Crippen LogP contribution is -2.42. The molecule has 1 N–H and O–H groups in total. The molecule has 2 aromatic rings. The molecular formula is C23H27O5Si-. The van der Waals surface area contributed by atoms with E-state index in [0.717, 1.165) is 51.8 Å². The van der Waals surface area contributed by atoms with Gasteiger partial charge in [-0.2, -0.15) is 0 Å². The predicted molar refractivity (Wildman–Crippen MR) is 115 cm³/mol. The topological polar surface area (TPSA) is 65.0 Å². The average Bonchev–Trinajstić information content (AvgIpc) is 2.66. The Labute approximate surface area is 173 Å². The molecule has 0 fully saturated rings. The molecule has 1 aliphatic heterocycles. The van der Waals surface area contributed by atoms with Crippen molar-refractivity contribution < 1.29 is 23.5 Å². The number of fused-ring (bicyclic) bond motifs is 2. The fourth-order valence-corrected chi connectivity index (χ4v) is 5.60. The van der Waals surface area contributed by atoms with E-state index in [9.17, 15) is 9.90 Å². The number of carbonyl (C=O) groups is 1. The molecule has 1 heterocycles. The lowest BCUT2D eigenvalue weighted by atomic mass is 9.85. The molecule has 2 aromatic carbocycles. The first-order valence-corrected chi connectivity index (χ1v) is 11.3. The normalized spacial score (nSPS) is 16.7. The number of Topliss-reactive ketones (excluding diaryl/α,β-unsaturated/α-hetero) is 1. The maximum Gasteiger partial charge on any atom is 0.186 e. The van der Waals surface area contributed by atoms with E-state index in [1.165, 1.54) is 0 Å². The van der Waals surface area contributed by atoms with Gasteiger partial charge in [0.15, 0.2) is 15.1 Å². The zero-order valence-corrected chi connectivity index (χ0v) is 18.6. The molecule has 0 bridgehead atoms. The molecule has 0 unspecified atom stereocenters. The van der Waals surface area contributed by atoms with Gasteiger partial charge in [0.2, 0.25) is 0 Å². The smallest absolute Gasteiger partial charge is 0.186 e. The Morgan fingerprint density at radius 1 is 1.24 bits per heavy atom. The van der Waals surface area contributed by atoms with Crippen molar-refractivity contribution in [3.8, 4) is 17.2 Å². The number of ether oxygens (including phenoxy) is 1. The summed E-state index contributed by atoms with van der Waals surface area (Å²) in [5, 5.41) is 10.8. The highest BCUT2D eigenvalue weighted by Gasteiger charge is 2.34. The Bertz CT molecular complexity index is 1030. The molecular weight excluding hydrogens is 384 g/mol. The fourth-order valence-electron chi connectivity index (χ4n) is 4.16. The van der Waals surface area contributed by atoms with E-state index in [4.69, 9.17) is 13.6 Å². The van der Waals surface area contributed by atoms with Gasteiger partial charge in [-0.05, 0) is 31.4 Å². The van der Waals surface area contributed by atoms with Gasteiger partial charge < -0.3 is 18.7 Å². The van der Waals surface area contributed by atoms with Crippen LogP contribution < -0.4 is 13.6 Å². The van der Waals surface area contributed by atoms with E-state index in [2.05, 4.69) is 26.8 Å². The van der Waals surface area contributed by atoms with Crippen LogP contribution in [-0.2, 0) is 6.42 Å². The average molecular weight is 412 g/mol. The predicted octanol–water partition coefficient (Wildman–Crippen LogP) is 4.74. The maximum atomic E-state index is 13.0.